The summed E-state index contributed by atoms with van der Waals surface area (Å²) in [6, 6.07) is 0. The molecule has 0 amide bonds. The maximum absolute atomic E-state index is 10.1. The largest absolute Gasteiger partial charge is 0.247 e. The summed E-state index contributed by atoms with van der Waals surface area (Å²) in [5.74, 6) is 0. The molecule has 0 aromatic carbocycles. The van der Waals surface area contributed by atoms with Gasteiger partial charge in [0.25, 0.3) is 0 Å². The van der Waals surface area contributed by atoms with Gasteiger partial charge in [-0.05, 0) is 23.4 Å². The maximum Gasteiger partial charge on any atom is 0.126 e. The molecule has 0 fully saturated rings. The van der Waals surface area contributed by atoms with Crippen LogP contribution in [0.1, 0.15) is 0 Å². The van der Waals surface area contributed by atoms with Gasteiger partial charge in [-0.25, -0.2) is 9.94 Å². The number of hydrogen-bond donors (Lipinski definition) is 1. The zero-order valence-corrected chi connectivity index (χ0v) is 4.94. The van der Waals surface area contributed by atoms with Crippen molar-refractivity contribution in [1.29, 1.82) is 0 Å². The number of rotatable bonds is 1. The van der Waals surface area contributed by atoms with Gasteiger partial charge in [0.1, 0.15) is 6.61 Å². The molecule has 0 unspecified atom stereocenters. The van der Waals surface area contributed by atoms with Crippen LogP contribution in [0.25, 0.3) is 0 Å². The molecule has 1 rings (SSSR count). The molecule has 4 heteroatoms. The second-order valence-corrected chi connectivity index (χ2v) is 1.95. The van der Waals surface area contributed by atoms with E-state index in [1.807, 2.05) is 0 Å². The smallest absolute Gasteiger partial charge is 0.126 e. The van der Waals surface area contributed by atoms with Gasteiger partial charge in [-0.15, -0.1) is 0 Å². The van der Waals surface area contributed by atoms with E-state index >= 15 is 0 Å². The van der Waals surface area contributed by atoms with E-state index in [1.165, 1.54) is 11.9 Å². The summed E-state index contributed by atoms with van der Waals surface area (Å²) in [6.45, 7) is -0.246. The average molecular weight is 129 g/mol. The van der Waals surface area contributed by atoms with E-state index in [9.17, 15) is 5.11 Å². The Morgan fingerprint density at radius 3 is 3.12 bits per heavy atom. The first-order chi connectivity index (χ1) is 3.93. The van der Waals surface area contributed by atoms with Crippen LogP contribution in [0.4, 0.5) is 0 Å². The molecular formula is C4H5N2OS. The fourth-order valence-electron chi connectivity index (χ4n) is 0.346. The van der Waals surface area contributed by atoms with Crippen LogP contribution in [0.3, 0.4) is 0 Å². The molecule has 43 valence electrons. The lowest BCUT2D eigenvalue weighted by Gasteiger charge is -2.00. The number of nitrogens with one attached hydrogen (secondary N) is 1. The highest BCUT2D eigenvalue weighted by atomic mass is 32.2. The Hall–Kier alpha value is -0.480. The summed E-state index contributed by atoms with van der Waals surface area (Å²) in [7, 11) is 0. The van der Waals surface area contributed by atoms with Crippen LogP contribution in [-0.2, 0) is 5.11 Å². The van der Waals surface area contributed by atoms with Crippen LogP contribution in [0.5, 0.6) is 0 Å². The molecule has 0 atom stereocenters. The minimum Gasteiger partial charge on any atom is -0.247 e. The van der Waals surface area contributed by atoms with E-state index in [-0.39, 0.29) is 6.61 Å². The fourth-order valence-corrected chi connectivity index (χ4v) is 0.802. The Kier molecular flexibility index (Phi) is 1.93. The van der Waals surface area contributed by atoms with Crippen molar-refractivity contribution in [3.63, 3.8) is 0 Å². The predicted molar refractivity (Wildman–Crippen MR) is 32.9 cm³/mol. The lowest BCUT2D eigenvalue weighted by Crippen LogP contribution is -2.07. The topological polar surface area (TPSA) is 44.3 Å². The third-order valence-electron chi connectivity index (χ3n) is 0.718. The molecule has 0 bridgehead atoms. The van der Waals surface area contributed by atoms with Gasteiger partial charge >= 0.3 is 0 Å². The summed E-state index contributed by atoms with van der Waals surface area (Å²) in [4.78, 5) is 2.60. The van der Waals surface area contributed by atoms with Gasteiger partial charge in [0.2, 0.25) is 0 Å². The van der Waals surface area contributed by atoms with Crippen LogP contribution in [-0.4, -0.2) is 12.3 Å². The quantitative estimate of drug-likeness (QED) is 0.525. The first-order valence-electron chi connectivity index (χ1n) is 2.15. The second-order valence-electron chi connectivity index (χ2n) is 1.26. The minimum atomic E-state index is -0.246. The Morgan fingerprint density at radius 1 is 1.88 bits per heavy atom. The van der Waals surface area contributed by atoms with Crippen molar-refractivity contribution in [3.8, 4) is 0 Å². The molecule has 8 heavy (non-hydrogen) atoms. The van der Waals surface area contributed by atoms with Crippen molar-refractivity contribution in [2.45, 2.75) is 0 Å². The van der Waals surface area contributed by atoms with E-state index in [0.717, 1.165) is 0 Å². The SMILES string of the molecule is [O]CC1=NNSC=C1. The lowest BCUT2D eigenvalue weighted by molar-refractivity contribution is 0.245. The molecule has 0 aromatic heterocycles. The van der Waals surface area contributed by atoms with Gasteiger partial charge in [0.15, 0.2) is 0 Å². The highest BCUT2D eigenvalue weighted by Gasteiger charge is 1.94. The summed E-state index contributed by atoms with van der Waals surface area (Å²) >= 11 is 1.36. The average Bonchev–Trinajstić information content (AvgIpc) is 1.90. The zero-order chi connectivity index (χ0) is 5.82. The normalized spacial score (nSPS) is 17.4. The van der Waals surface area contributed by atoms with Crippen LogP contribution in [0.2, 0.25) is 0 Å². The Balaban J connectivity index is 2.51. The van der Waals surface area contributed by atoms with Crippen molar-refractivity contribution >= 4 is 17.7 Å². The van der Waals surface area contributed by atoms with Crippen LogP contribution in [0.15, 0.2) is 16.6 Å². The summed E-state index contributed by atoms with van der Waals surface area (Å²) in [6.07, 6.45) is 1.70. The van der Waals surface area contributed by atoms with E-state index in [4.69, 9.17) is 0 Å². The third kappa shape index (κ3) is 1.24. The van der Waals surface area contributed by atoms with Crippen molar-refractivity contribution < 1.29 is 5.11 Å². The van der Waals surface area contributed by atoms with Crippen molar-refractivity contribution in [2.24, 2.45) is 5.10 Å². The Morgan fingerprint density at radius 2 is 2.75 bits per heavy atom. The van der Waals surface area contributed by atoms with Crippen LogP contribution >= 0.6 is 11.9 Å². The van der Waals surface area contributed by atoms with E-state index in [0.29, 0.717) is 5.71 Å². The molecule has 3 nitrogen and oxygen atoms in total. The van der Waals surface area contributed by atoms with Gasteiger partial charge in [0.05, 0.1) is 5.71 Å². The number of hydrogen-bond acceptors (Lipinski definition) is 3. The monoisotopic (exact) mass is 129 g/mol. The Labute approximate surface area is 51.6 Å². The first-order valence-corrected chi connectivity index (χ1v) is 3.03. The highest BCUT2D eigenvalue weighted by Crippen LogP contribution is 2.00. The minimum absolute atomic E-state index is 0.246. The Bertz CT molecular complexity index is 132. The van der Waals surface area contributed by atoms with E-state index in [1.54, 1.807) is 11.5 Å². The molecule has 0 aromatic rings. The standard InChI is InChI=1S/C4H5N2OS/c7-3-4-1-2-8-6-5-4/h1-2,6H,3H2. The predicted octanol–water partition coefficient (Wildman–Crippen LogP) is 0.538. The highest BCUT2D eigenvalue weighted by molar-refractivity contribution is 8.00. The third-order valence-corrected chi connectivity index (χ3v) is 1.19. The fraction of sp³-hybridized carbons (Fsp3) is 0.250. The molecule has 0 aliphatic carbocycles. The summed E-state index contributed by atoms with van der Waals surface area (Å²) < 4.78 is 0. The second kappa shape index (κ2) is 2.74. The molecule has 0 saturated heterocycles. The van der Waals surface area contributed by atoms with Crippen LogP contribution < -0.4 is 4.83 Å². The van der Waals surface area contributed by atoms with Gasteiger partial charge in [-0.3, -0.25) is 0 Å². The lowest BCUT2D eigenvalue weighted by atomic mass is 10.4. The molecule has 1 aliphatic rings. The van der Waals surface area contributed by atoms with Gasteiger partial charge < -0.3 is 0 Å². The van der Waals surface area contributed by atoms with E-state index < -0.39 is 0 Å². The van der Waals surface area contributed by atoms with Gasteiger partial charge in [-0.2, -0.15) is 5.10 Å². The van der Waals surface area contributed by atoms with Gasteiger partial charge in [-0.1, -0.05) is 0 Å². The molecule has 1 aliphatic heterocycles. The van der Waals surface area contributed by atoms with Crippen LogP contribution in [0, 0.1) is 0 Å². The van der Waals surface area contributed by atoms with Crippen molar-refractivity contribution in [3.05, 3.63) is 11.5 Å². The first kappa shape index (κ1) is 5.65. The molecule has 1 heterocycles. The molecule has 1 radical (unpaired) electrons. The van der Waals surface area contributed by atoms with Gasteiger partial charge in [0, 0.05) is 0 Å². The zero-order valence-electron chi connectivity index (χ0n) is 4.13. The molecule has 0 spiro atoms. The van der Waals surface area contributed by atoms with Crippen molar-refractivity contribution in [1.82, 2.24) is 4.83 Å². The molecule has 1 N–H and O–H groups in total. The molecule has 0 saturated carbocycles. The van der Waals surface area contributed by atoms with E-state index in [2.05, 4.69) is 9.93 Å². The molecular weight excluding hydrogens is 124 g/mol. The number of hydrazone groups is 1. The summed E-state index contributed by atoms with van der Waals surface area (Å²) in [5, 5.41) is 15.5. The maximum atomic E-state index is 10.1. The number of nitrogens with zero attached hydrogens (tertiary/aromatic N) is 1. The van der Waals surface area contributed by atoms with Crippen molar-refractivity contribution in [2.75, 3.05) is 6.61 Å². The summed E-state index contributed by atoms with van der Waals surface area (Å²) in [5.41, 5.74) is 0.559.